The van der Waals surface area contributed by atoms with Crippen LogP contribution in [0.1, 0.15) is 62.6 Å². The van der Waals surface area contributed by atoms with E-state index in [0.717, 1.165) is 34.7 Å². The molecule has 242 valence electrons. The summed E-state index contributed by atoms with van der Waals surface area (Å²) in [6.45, 7) is 9.36. The average Bonchev–Trinajstić information content (AvgIpc) is 3.24. The van der Waals surface area contributed by atoms with Crippen molar-refractivity contribution < 1.29 is 11.0 Å². The first-order chi connectivity index (χ1) is 27.7. The van der Waals surface area contributed by atoms with Crippen LogP contribution in [-0.4, -0.2) is 0 Å². The van der Waals surface area contributed by atoms with Gasteiger partial charge in [0.15, 0.2) is 0 Å². The van der Waals surface area contributed by atoms with Crippen LogP contribution in [0.2, 0.25) is 0 Å². The van der Waals surface area contributed by atoms with Gasteiger partial charge >= 0.3 is 0 Å². The molecule has 9 rings (SSSR count). The summed E-state index contributed by atoms with van der Waals surface area (Å²) in [7, 11) is 0. The van der Waals surface area contributed by atoms with E-state index in [-0.39, 0.29) is 56.5 Å². The molecule has 8 aromatic rings. The maximum absolute atomic E-state index is 9.45. The highest BCUT2D eigenvalue weighted by atomic mass is 14.4. The SMILES string of the molecule is [2H]c1c([2H])c([2H])c2c(-c3ccc(-c4ccc(-c5ccccc5)c5c4C(C)(C)CCC5(C)C)c4ccccc34)c3c([2H])c([2H])c([2H])c([2H])c3c(-c3ccccc3)c2c1[2H]. The van der Waals surface area contributed by atoms with Gasteiger partial charge in [-0.25, -0.2) is 0 Å². The normalized spacial score (nSPS) is 17.2. The van der Waals surface area contributed by atoms with Gasteiger partial charge in [-0.3, -0.25) is 0 Å². The summed E-state index contributed by atoms with van der Waals surface area (Å²) in [6, 6.07) is 33.6. The Morgan fingerprint density at radius 1 is 0.380 bits per heavy atom. The molecule has 0 saturated heterocycles. The van der Waals surface area contributed by atoms with E-state index in [0.29, 0.717) is 22.3 Å². The third-order valence-corrected chi connectivity index (χ3v) is 10.9. The third-order valence-electron chi connectivity index (χ3n) is 10.9. The molecule has 0 nitrogen and oxygen atoms in total. The second kappa shape index (κ2) is 11.6. The molecule has 1 aliphatic carbocycles. The van der Waals surface area contributed by atoms with E-state index >= 15 is 0 Å². The number of rotatable bonds is 4. The Balaban J connectivity index is 1.46. The Kier molecular flexibility index (Phi) is 5.33. The Bertz CT molecular complexity index is 2940. The fourth-order valence-corrected chi connectivity index (χ4v) is 8.51. The minimum atomic E-state index is -0.408. The molecule has 0 heteroatoms. The van der Waals surface area contributed by atoms with Crippen LogP contribution in [0.5, 0.6) is 0 Å². The summed E-state index contributed by atoms with van der Waals surface area (Å²) in [4.78, 5) is 0. The standard InChI is InChI=1S/C50H42/c1-49(2)31-32-50(3,4)48-44(30-27-35(47(48)49)33-17-7-5-8-18-33)38-28-29-43(37-22-12-11-21-36(37)38)46-41-25-15-13-23-39(41)45(34-19-9-6-10-20-34)40-24-14-16-26-42(40)46/h5-30H,31-32H2,1-4H3/i13D,14D,15D,16D,23D,24D,25D,26D. The number of benzene rings is 8. The second-order valence-electron chi connectivity index (χ2n) is 14.9. The van der Waals surface area contributed by atoms with Crippen LogP contribution in [0.3, 0.4) is 0 Å². The van der Waals surface area contributed by atoms with Gasteiger partial charge < -0.3 is 0 Å². The number of hydrogen-bond acceptors (Lipinski definition) is 0. The van der Waals surface area contributed by atoms with Gasteiger partial charge in [0.2, 0.25) is 0 Å². The predicted octanol–water partition coefficient (Wildman–Crippen LogP) is 14.2. The van der Waals surface area contributed by atoms with Gasteiger partial charge in [0.05, 0.1) is 11.0 Å². The highest BCUT2D eigenvalue weighted by Crippen LogP contribution is 2.54. The summed E-state index contributed by atoms with van der Waals surface area (Å²) in [6.07, 6.45) is 2.07. The lowest BCUT2D eigenvalue weighted by atomic mass is 9.60. The zero-order chi connectivity index (χ0) is 41.0. The van der Waals surface area contributed by atoms with Crippen molar-refractivity contribution in [2.45, 2.75) is 51.4 Å². The molecule has 50 heavy (non-hydrogen) atoms. The summed E-state index contributed by atoms with van der Waals surface area (Å²) in [5.74, 6) is 0. The Morgan fingerprint density at radius 3 is 1.34 bits per heavy atom. The van der Waals surface area contributed by atoms with E-state index in [2.05, 4.69) is 76.2 Å². The molecule has 0 bridgehead atoms. The van der Waals surface area contributed by atoms with Gasteiger partial charge in [0.25, 0.3) is 0 Å². The number of hydrogen-bond donors (Lipinski definition) is 0. The highest BCUT2D eigenvalue weighted by molar-refractivity contribution is 6.24. The minimum absolute atomic E-state index is 0.0908. The topological polar surface area (TPSA) is 0 Å². The molecule has 0 spiro atoms. The van der Waals surface area contributed by atoms with Crippen LogP contribution in [0, 0.1) is 0 Å². The molecule has 8 aromatic carbocycles. The third kappa shape index (κ3) is 4.73. The molecule has 0 amide bonds. The zero-order valence-electron chi connectivity index (χ0n) is 36.8. The molecule has 0 heterocycles. The van der Waals surface area contributed by atoms with Crippen molar-refractivity contribution in [1.82, 2.24) is 0 Å². The second-order valence-corrected chi connectivity index (χ2v) is 14.9. The first-order valence-corrected chi connectivity index (χ1v) is 17.4. The zero-order valence-corrected chi connectivity index (χ0v) is 28.8. The Hall–Kier alpha value is -5.46. The first-order valence-electron chi connectivity index (χ1n) is 21.4. The lowest BCUT2D eigenvalue weighted by Crippen LogP contribution is -2.35. The van der Waals surface area contributed by atoms with E-state index in [1.165, 1.54) is 22.3 Å². The van der Waals surface area contributed by atoms with Crippen molar-refractivity contribution >= 4 is 32.3 Å². The van der Waals surface area contributed by atoms with Crippen LogP contribution in [-0.2, 0) is 10.8 Å². The molecule has 0 aliphatic heterocycles. The van der Waals surface area contributed by atoms with Crippen molar-refractivity contribution in [1.29, 1.82) is 0 Å². The first kappa shape index (κ1) is 23.0. The quantitative estimate of drug-likeness (QED) is 0.166. The predicted molar refractivity (Wildman–Crippen MR) is 216 cm³/mol. The smallest absolute Gasteiger partial charge is 0.0622 e. The molecule has 0 saturated carbocycles. The fraction of sp³-hybridized carbons (Fsp3) is 0.160. The maximum Gasteiger partial charge on any atom is 0.0629 e. The summed E-state index contributed by atoms with van der Waals surface area (Å²) >= 11 is 0. The van der Waals surface area contributed by atoms with Crippen LogP contribution in [0.15, 0.2) is 158 Å². The monoisotopic (exact) mass is 650 g/mol. The fourth-order valence-electron chi connectivity index (χ4n) is 8.51. The molecule has 0 atom stereocenters. The van der Waals surface area contributed by atoms with Gasteiger partial charge in [-0.2, -0.15) is 0 Å². The van der Waals surface area contributed by atoms with Crippen molar-refractivity contribution in [3.8, 4) is 44.5 Å². The van der Waals surface area contributed by atoms with Gasteiger partial charge in [0.1, 0.15) is 0 Å². The lowest BCUT2D eigenvalue weighted by molar-refractivity contribution is 0.333. The molecular weight excluding hydrogens is 601 g/mol. The minimum Gasteiger partial charge on any atom is -0.0622 e. The Morgan fingerprint density at radius 2 is 0.780 bits per heavy atom. The molecule has 0 radical (unpaired) electrons. The molecule has 0 unspecified atom stereocenters. The molecule has 1 aliphatic rings. The lowest BCUT2D eigenvalue weighted by Gasteiger charge is -2.44. The van der Waals surface area contributed by atoms with Crippen molar-refractivity contribution in [2.75, 3.05) is 0 Å². The maximum atomic E-state index is 9.45. The highest BCUT2D eigenvalue weighted by Gasteiger charge is 2.41. The van der Waals surface area contributed by atoms with Gasteiger partial charge in [-0.1, -0.05) is 185 Å². The van der Waals surface area contributed by atoms with Crippen molar-refractivity contribution in [3.05, 3.63) is 169 Å². The molecule has 0 N–H and O–H groups in total. The summed E-state index contributed by atoms with van der Waals surface area (Å²) in [5.41, 5.74) is 8.93. The van der Waals surface area contributed by atoms with Gasteiger partial charge in [0, 0.05) is 0 Å². The van der Waals surface area contributed by atoms with E-state index in [4.69, 9.17) is 5.48 Å². The van der Waals surface area contributed by atoms with Crippen LogP contribution < -0.4 is 0 Å². The summed E-state index contributed by atoms with van der Waals surface area (Å²) in [5, 5.41) is 2.60. The molecular formula is C50H42. The largest absolute Gasteiger partial charge is 0.0629 e. The van der Waals surface area contributed by atoms with Gasteiger partial charge in [-0.05, 0) is 112 Å². The van der Waals surface area contributed by atoms with E-state index < -0.39 is 24.2 Å². The van der Waals surface area contributed by atoms with Gasteiger partial charge in [-0.15, -0.1) is 0 Å². The summed E-state index contributed by atoms with van der Waals surface area (Å²) < 4.78 is 72.9. The Labute approximate surface area is 307 Å². The molecule has 0 aromatic heterocycles. The average molecular weight is 651 g/mol. The van der Waals surface area contributed by atoms with Crippen molar-refractivity contribution in [2.24, 2.45) is 0 Å². The molecule has 0 fully saturated rings. The van der Waals surface area contributed by atoms with Crippen LogP contribution >= 0.6 is 0 Å². The van der Waals surface area contributed by atoms with E-state index in [9.17, 15) is 5.48 Å². The van der Waals surface area contributed by atoms with Crippen LogP contribution in [0.25, 0.3) is 76.8 Å². The van der Waals surface area contributed by atoms with Crippen molar-refractivity contribution in [3.63, 3.8) is 0 Å². The van der Waals surface area contributed by atoms with E-state index in [1.54, 1.807) is 0 Å². The number of fused-ring (bicyclic) bond motifs is 4. The van der Waals surface area contributed by atoms with Crippen LogP contribution in [0.4, 0.5) is 0 Å². The van der Waals surface area contributed by atoms with E-state index in [1.807, 2.05) is 60.7 Å².